The molecule has 1 fully saturated rings. The molecule has 28 heavy (non-hydrogen) atoms. The van der Waals surface area contributed by atoms with E-state index in [1.165, 1.54) is 5.56 Å². The van der Waals surface area contributed by atoms with Crippen LogP contribution in [-0.4, -0.2) is 41.8 Å². The van der Waals surface area contributed by atoms with E-state index in [4.69, 9.17) is 16.3 Å². The van der Waals surface area contributed by atoms with E-state index in [0.717, 1.165) is 47.0 Å². The summed E-state index contributed by atoms with van der Waals surface area (Å²) < 4.78 is 7.27. The van der Waals surface area contributed by atoms with Crippen molar-refractivity contribution in [3.05, 3.63) is 63.2 Å². The molecule has 0 bridgehead atoms. The van der Waals surface area contributed by atoms with Gasteiger partial charge in [0.05, 0.1) is 18.2 Å². The number of aromatic amines is 1. The summed E-state index contributed by atoms with van der Waals surface area (Å²) in [6.45, 7) is 4.95. The number of fused-ring (bicyclic) bond motifs is 1. The number of halogens is 2. The largest absolute Gasteiger partial charge is 0.373 e. The Bertz CT molecular complexity index is 951. The van der Waals surface area contributed by atoms with Crippen molar-refractivity contribution in [2.24, 2.45) is 0 Å². The van der Waals surface area contributed by atoms with Gasteiger partial charge in [-0.05, 0) is 73.5 Å². The Hall–Kier alpha value is -1.40. The van der Waals surface area contributed by atoms with Crippen molar-refractivity contribution in [1.29, 1.82) is 0 Å². The molecule has 3 aromatic rings. The second kappa shape index (κ2) is 8.15. The number of rotatable bonds is 5. The van der Waals surface area contributed by atoms with Gasteiger partial charge in [-0.1, -0.05) is 41.9 Å². The van der Waals surface area contributed by atoms with Gasteiger partial charge in [-0.2, -0.15) is 5.10 Å². The smallest absolute Gasteiger partial charge is 0.135 e. The highest BCUT2D eigenvalue weighted by Gasteiger charge is 2.36. The number of hydrogen-bond donors (Lipinski definition) is 1. The third kappa shape index (κ3) is 3.86. The van der Waals surface area contributed by atoms with Gasteiger partial charge in [0.15, 0.2) is 0 Å². The molecule has 1 saturated heterocycles. The predicted octanol–water partition coefficient (Wildman–Crippen LogP) is 5.72. The molecular formula is C22H25BrClN3O. The second-order valence-corrected chi connectivity index (χ2v) is 9.02. The highest BCUT2D eigenvalue weighted by atomic mass is 79.9. The molecule has 1 atom stereocenters. The molecule has 0 unspecified atom stereocenters. The minimum absolute atomic E-state index is 0.0499. The average molecular weight is 463 g/mol. The van der Waals surface area contributed by atoms with Crippen molar-refractivity contribution >= 4 is 38.4 Å². The second-order valence-electron chi connectivity index (χ2n) is 7.83. The molecule has 0 radical (unpaired) electrons. The van der Waals surface area contributed by atoms with E-state index < -0.39 is 0 Å². The summed E-state index contributed by atoms with van der Waals surface area (Å²) in [6, 6.07) is 14.7. The quantitative estimate of drug-likeness (QED) is 0.527. The lowest BCUT2D eigenvalue weighted by Crippen LogP contribution is -2.44. The first-order valence-corrected chi connectivity index (χ1v) is 10.8. The highest BCUT2D eigenvalue weighted by molar-refractivity contribution is 9.10. The van der Waals surface area contributed by atoms with E-state index in [1.54, 1.807) is 0 Å². The van der Waals surface area contributed by atoms with Gasteiger partial charge in [0.2, 0.25) is 0 Å². The number of nitrogens with one attached hydrogen (secondary N) is 1. The maximum atomic E-state index is 6.49. The van der Waals surface area contributed by atoms with Gasteiger partial charge in [-0.3, -0.25) is 5.10 Å². The van der Waals surface area contributed by atoms with Crippen LogP contribution in [0, 0.1) is 0 Å². The predicted molar refractivity (Wildman–Crippen MR) is 118 cm³/mol. The summed E-state index contributed by atoms with van der Waals surface area (Å²) in [5.74, 6) is 0. The first-order chi connectivity index (χ1) is 13.5. The van der Waals surface area contributed by atoms with Gasteiger partial charge in [-0.15, -0.1) is 0 Å². The molecule has 148 valence electrons. The minimum Gasteiger partial charge on any atom is -0.373 e. The molecule has 1 N–H and O–H groups in total. The van der Waals surface area contributed by atoms with E-state index in [-0.39, 0.29) is 11.5 Å². The number of piperidine rings is 1. The summed E-state index contributed by atoms with van der Waals surface area (Å²) in [4.78, 5) is 2.40. The average Bonchev–Trinajstić information content (AvgIpc) is 3.08. The van der Waals surface area contributed by atoms with Gasteiger partial charge in [0, 0.05) is 21.4 Å². The molecular weight excluding hydrogens is 438 g/mol. The summed E-state index contributed by atoms with van der Waals surface area (Å²) in [5, 5.41) is 9.05. The van der Waals surface area contributed by atoms with E-state index in [2.05, 4.69) is 75.3 Å². The van der Waals surface area contributed by atoms with Crippen molar-refractivity contribution < 1.29 is 4.74 Å². The van der Waals surface area contributed by atoms with Crippen LogP contribution in [0.3, 0.4) is 0 Å². The maximum Gasteiger partial charge on any atom is 0.135 e. The Morgan fingerprint density at radius 2 is 1.96 bits per heavy atom. The maximum absolute atomic E-state index is 6.49. The van der Waals surface area contributed by atoms with Crippen molar-refractivity contribution in [2.45, 2.75) is 31.3 Å². The Kier molecular flexibility index (Phi) is 5.79. The van der Waals surface area contributed by atoms with Gasteiger partial charge in [-0.25, -0.2) is 0 Å². The summed E-state index contributed by atoms with van der Waals surface area (Å²) >= 11 is 9.85. The monoisotopic (exact) mass is 461 g/mol. The Balaban J connectivity index is 1.60. The third-order valence-electron chi connectivity index (χ3n) is 6.00. The number of aromatic nitrogens is 2. The number of hydrogen-bond acceptors (Lipinski definition) is 3. The van der Waals surface area contributed by atoms with Gasteiger partial charge >= 0.3 is 0 Å². The molecule has 0 amide bonds. The van der Waals surface area contributed by atoms with Crippen molar-refractivity contribution in [3.8, 4) is 0 Å². The summed E-state index contributed by atoms with van der Waals surface area (Å²) in [6.07, 6.45) is 2.11. The Morgan fingerprint density at radius 3 is 2.68 bits per heavy atom. The van der Waals surface area contributed by atoms with Gasteiger partial charge in [0.25, 0.3) is 0 Å². The molecule has 1 aliphatic rings. The van der Waals surface area contributed by atoms with Gasteiger partial charge in [0.1, 0.15) is 4.60 Å². The van der Waals surface area contributed by atoms with Crippen LogP contribution >= 0.6 is 27.5 Å². The zero-order chi connectivity index (χ0) is 19.7. The number of ether oxygens (including phenoxy) is 1. The third-order valence-corrected chi connectivity index (χ3v) is 6.82. The normalized spacial score (nSPS) is 18.4. The number of nitrogens with zero attached hydrogens (tertiary/aromatic N) is 2. The molecule has 0 spiro atoms. The Labute approximate surface area is 179 Å². The fraction of sp³-hybridized carbons (Fsp3) is 0.409. The molecule has 2 aromatic carbocycles. The zero-order valence-electron chi connectivity index (χ0n) is 16.2. The minimum atomic E-state index is -0.0891. The molecule has 4 rings (SSSR count). The highest BCUT2D eigenvalue weighted by Crippen LogP contribution is 2.38. The van der Waals surface area contributed by atoms with E-state index in [9.17, 15) is 0 Å². The van der Waals surface area contributed by atoms with E-state index in [0.29, 0.717) is 11.6 Å². The molecule has 1 aromatic heterocycles. The van der Waals surface area contributed by atoms with Crippen LogP contribution in [0.25, 0.3) is 10.9 Å². The molecule has 0 saturated carbocycles. The molecule has 1 aliphatic heterocycles. The molecule has 2 heterocycles. The van der Waals surface area contributed by atoms with Gasteiger partial charge < -0.3 is 9.64 Å². The van der Waals surface area contributed by atoms with Crippen molar-refractivity contribution in [1.82, 2.24) is 15.1 Å². The topological polar surface area (TPSA) is 41.1 Å². The zero-order valence-corrected chi connectivity index (χ0v) is 18.6. The number of likely N-dealkylation sites (tertiary alicyclic amines) is 1. The van der Waals surface area contributed by atoms with Crippen molar-refractivity contribution in [3.63, 3.8) is 0 Å². The van der Waals surface area contributed by atoms with Crippen LogP contribution in [0.1, 0.15) is 37.0 Å². The molecule has 4 nitrogen and oxygen atoms in total. The molecule has 6 heteroatoms. The first kappa shape index (κ1) is 19.9. The van der Waals surface area contributed by atoms with Crippen LogP contribution in [0.15, 0.2) is 47.1 Å². The lowest BCUT2D eigenvalue weighted by Gasteiger charge is -2.41. The van der Waals surface area contributed by atoms with Crippen LogP contribution in [-0.2, 0) is 10.2 Å². The van der Waals surface area contributed by atoms with Crippen LogP contribution < -0.4 is 0 Å². The number of benzene rings is 2. The van der Waals surface area contributed by atoms with Crippen LogP contribution in [0.5, 0.6) is 0 Å². The van der Waals surface area contributed by atoms with Crippen LogP contribution in [0.4, 0.5) is 0 Å². The van der Waals surface area contributed by atoms with E-state index in [1.807, 2.05) is 12.1 Å². The summed E-state index contributed by atoms with van der Waals surface area (Å²) in [7, 11) is 2.19. The number of H-pyrrole nitrogens is 1. The first-order valence-electron chi connectivity index (χ1n) is 9.67. The molecule has 0 aliphatic carbocycles. The van der Waals surface area contributed by atoms with Crippen LogP contribution in [0.2, 0.25) is 5.02 Å². The standard InChI is InChI=1S/C22H25BrClN3O/c1-15(18-12-17(24)13-19-20(18)25-26-21(19)23)28-14-22(8-10-27(2)11-9-22)16-6-4-3-5-7-16/h3-7,12-13,15H,8-11,14H2,1-2H3,(H,25,26)/t15-/m1/s1. The van der Waals surface area contributed by atoms with E-state index >= 15 is 0 Å². The lowest BCUT2D eigenvalue weighted by atomic mass is 9.73. The summed E-state index contributed by atoms with van der Waals surface area (Å²) in [5.41, 5.74) is 3.43. The van der Waals surface area contributed by atoms with Crippen molar-refractivity contribution in [2.75, 3.05) is 26.7 Å². The fourth-order valence-electron chi connectivity index (χ4n) is 4.13. The fourth-order valence-corrected chi connectivity index (χ4v) is 4.76. The lowest BCUT2D eigenvalue weighted by molar-refractivity contribution is 0.00699. The Morgan fingerprint density at radius 1 is 1.25 bits per heavy atom. The SMILES string of the molecule is C[C@@H](OCC1(c2ccccc2)CCN(C)CC1)c1cc(Cl)cc2c(Br)n[nH]c12.